The molecule has 1 saturated heterocycles. The summed E-state index contributed by atoms with van der Waals surface area (Å²) in [5.41, 5.74) is 3.42. The van der Waals surface area contributed by atoms with Gasteiger partial charge in [0.05, 0.1) is 12.0 Å². The minimum Gasteiger partial charge on any atom is -0.455 e. The Morgan fingerprint density at radius 2 is 1.81 bits per heavy atom. The van der Waals surface area contributed by atoms with Gasteiger partial charge in [0.1, 0.15) is 0 Å². The summed E-state index contributed by atoms with van der Waals surface area (Å²) in [6, 6.07) is 18.4. The van der Waals surface area contributed by atoms with Gasteiger partial charge in [-0.15, -0.1) is 11.3 Å². The van der Waals surface area contributed by atoms with Gasteiger partial charge in [-0.3, -0.25) is 14.4 Å². The van der Waals surface area contributed by atoms with E-state index < -0.39 is 30.4 Å². The quantitative estimate of drug-likeness (QED) is 0.558. The molecular weight excluding hydrogens is 424 g/mol. The third kappa shape index (κ3) is 4.57. The molecule has 0 spiro atoms. The minimum atomic E-state index is -0.686. The Kier molecular flexibility index (Phi) is 6.37. The van der Waals surface area contributed by atoms with Crippen LogP contribution in [0.5, 0.6) is 0 Å². The number of hydrogen-bond acceptors (Lipinski definition) is 5. The number of esters is 1. The molecule has 7 heteroatoms. The molecule has 2 amide bonds. The average Bonchev–Trinajstić information content (AvgIpc) is 3.42. The molecule has 0 saturated carbocycles. The molecule has 1 N–H and O–H groups in total. The Morgan fingerprint density at radius 1 is 1.06 bits per heavy atom. The minimum absolute atomic E-state index is 0.0364. The van der Waals surface area contributed by atoms with Crippen molar-refractivity contribution in [3.8, 4) is 0 Å². The summed E-state index contributed by atoms with van der Waals surface area (Å²) in [5.74, 6) is -1.79. The number of hydrogen-bond donors (Lipinski definition) is 1. The zero-order valence-electron chi connectivity index (χ0n) is 17.9. The zero-order valence-corrected chi connectivity index (χ0v) is 18.7. The van der Waals surface area contributed by atoms with E-state index in [1.165, 1.54) is 11.3 Å². The zero-order chi connectivity index (χ0) is 22.7. The van der Waals surface area contributed by atoms with Crippen LogP contribution >= 0.6 is 11.3 Å². The summed E-state index contributed by atoms with van der Waals surface area (Å²) < 4.78 is 5.35. The number of anilines is 2. The van der Waals surface area contributed by atoms with Crippen LogP contribution in [0.4, 0.5) is 11.4 Å². The molecule has 6 nitrogen and oxygen atoms in total. The van der Waals surface area contributed by atoms with Gasteiger partial charge < -0.3 is 15.0 Å². The summed E-state index contributed by atoms with van der Waals surface area (Å²) in [4.78, 5) is 40.8. The number of nitrogens with zero attached hydrogens (tertiary/aromatic N) is 1. The Labute approximate surface area is 190 Å². The number of thiophene rings is 1. The van der Waals surface area contributed by atoms with Crippen molar-refractivity contribution in [2.24, 2.45) is 5.92 Å². The van der Waals surface area contributed by atoms with Gasteiger partial charge >= 0.3 is 5.97 Å². The molecule has 3 aromatic rings. The van der Waals surface area contributed by atoms with Gasteiger partial charge in [0.15, 0.2) is 6.61 Å². The van der Waals surface area contributed by atoms with Gasteiger partial charge in [0, 0.05) is 22.7 Å². The van der Waals surface area contributed by atoms with Crippen molar-refractivity contribution >= 4 is 40.5 Å². The fourth-order valence-electron chi connectivity index (χ4n) is 3.88. The first-order chi connectivity index (χ1) is 15.4. The van der Waals surface area contributed by atoms with Crippen LogP contribution in [-0.2, 0) is 19.1 Å². The van der Waals surface area contributed by atoms with E-state index in [4.69, 9.17) is 4.74 Å². The molecule has 2 aromatic carbocycles. The molecule has 1 aliphatic rings. The molecule has 0 unspecified atom stereocenters. The predicted octanol–water partition coefficient (Wildman–Crippen LogP) is 4.64. The van der Waals surface area contributed by atoms with Gasteiger partial charge in [-0.2, -0.15) is 0 Å². The highest BCUT2D eigenvalue weighted by Crippen LogP contribution is 2.43. The maximum atomic E-state index is 13.0. The number of carbonyl (C=O) groups excluding carboxylic acids is 3. The SMILES string of the molecule is Cc1ccc(N2C(=O)C[C@@H](C(=O)OCC(=O)Nc3ccccc3C)[C@@H]2c2cccs2)cc1. The van der Waals surface area contributed by atoms with E-state index in [9.17, 15) is 14.4 Å². The van der Waals surface area contributed by atoms with Gasteiger partial charge in [-0.05, 0) is 49.1 Å². The number of benzene rings is 2. The van der Waals surface area contributed by atoms with Crippen LogP contribution in [-0.4, -0.2) is 24.4 Å². The topological polar surface area (TPSA) is 75.7 Å². The maximum absolute atomic E-state index is 13.0. The lowest BCUT2D eigenvalue weighted by Gasteiger charge is -2.27. The van der Waals surface area contributed by atoms with Crippen molar-refractivity contribution in [3.05, 3.63) is 82.0 Å². The first-order valence-corrected chi connectivity index (χ1v) is 11.3. The molecular formula is C25H24N2O4S. The van der Waals surface area contributed by atoms with Crippen molar-refractivity contribution in [2.45, 2.75) is 26.3 Å². The Hall–Kier alpha value is -3.45. The normalized spacial score (nSPS) is 17.9. The second kappa shape index (κ2) is 9.36. The predicted molar refractivity (Wildman–Crippen MR) is 125 cm³/mol. The number of carbonyl (C=O) groups is 3. The lowest BCUT2D eigenvalue weighted by molar-refractivity contribution is -0.152. The molecule has 0 radical (unpaired) electrons. The van der Waals surface area contributed by atoms with E-state index in [0.717, 1.165) is 21.7 Å². The number of rotatable bonds is 6. The standard InChI is InChI=1S/C25H24N2O4S/c1-16-9-11-18(12-10-16)27-23(29)14-19(24(27)21-8-5-13-32-21)25(30)31-15-22(28)26-20-7-4-3-6-17(20)2/h3-13,19,24H,14-15H2,1-2H3,(H,26,28)/t19-,24-/m1/s1. The van der Waals surface area contributed by atoms with Crippen LogP contribution < -0.4 is 10.2 Å². The highest BCUT2D eigenvalue weighted by atomic mass is 32.1. The second-order valence-electron chi connectivity index (χ2n) is 7.84. The lowest BCUT2D eigenvalue weighted by atomic mass is 9.99. The second-order valence-corrected chi connectivity index (χ2v) is 8.82. The van der Waals surface area contributed by atoms with Crippen molar-refractivity contribution in [1.29, 1.82) is 0 Å². The summed E-state index contributed by atoms with van der Waals surface area (Å²) in [6.45, 7) is 3.46. The van der Waals surface area contributed by atoms with Crippen LogP contribution in [0.1, 0.15) is 28.5 Å². The summed E-state index contributed by atoms with van der Waals surface area (Å²) in [6.07, 6.45) is 0.0364. The van der Waals surface area contributed by atoms with Crippen LogP contribution in [0, 0.1) is 19.8 Å². The van der Waals surface area contributed by atoms with Crippen LogP contribution in [0.15, 0.2) is 66.0 Å². The highest BCUT2D eigenvalue weighted by Gasteiger charge is 2.46. The lowest BCUT2D eigenvalue weighted by Crippen LogP contribution is -2.31. The summed E-state index contributed by atoms with van der Waals surface area (Å²) >= 11 is 1.49. The molecule has 164 valence electrons. The number of amides is 2. The number of para-hydroxylation sites is 1. The third-order valence-electron chi connectivity index (χ3n) is 5.54. The van der Waals surface area contributed by atoms with Crippen LogP contribution in [0.2, 0.25) is 0 Å². The molecule has 2 atom stereocenters. The third-order valence-corrected chi connectivity index (χ3v) is 6.48. The summed E-state index contributed by atoms with van der Waals surface area (Å²) in [5, 5.41) is 4.67. The first kappa shape index (κ1) is 21.8. The van der Waals surface area contributed by atoms with Gasteiger partial charge in [0.2, 0.25) is 5.91 Å². The Bertz CT molecular complexity index is 1130. The van der Waals surface area contributed by atoms with E-state index in [1.807, 2.05) is 73.8 Å². The maximum Gasteiger partial charge on any atom is 0.312 e. The molecule has 1 fully saturated rings. The van der Waals surface area contributed by atoms with Crippen LogP contribution in [0.3, 0.4) is 0 Å². The van der Waals surface area contributed by atoms with Crippen molar-refractivity contribution in [1.82, 2.24) is 0 Å². The van der Waals surface area contributed by atoms with E-state index in [2.05, 4.69) is 5.32 Å². The fraction of sp³-hybridized carbons (Fsp3) is 0.240. The molecule has 4 rings (SSSR count). The van der Waals surface area contributed by atoms with E-state index in [0.29, 0.717) is 5.69 Å². The average molecular weight is 449 g/mol. The molecule has 0 bridgehead atoms. The molecule has 32 heavy (non-hydrogen) atoms. The van der Waals surface area contributed by atoms with E-state index >= 15 is 0 Å². The van der Waals surface area contributed by atoms with Crippen LogP contribution in [0.25, 0.3) is 0 Å². The molecule has 2 heterocycles. The van der Waals surface area contributed by atoms with E-state index in [1.54, 1.807) is 11.0 Å². The Morgan fingerprint density at radius 3 is 2.50 bits per heavy atom. The smallest absolute Gasteiger partial charge is 0.312 e. The molecule has 0 aliphatic carbocycles. The number of aryl methyl sites for hydroxylation is 2. The highest BCUT2D eigenvalue weighted by molar-refractivity contribution is 7.10. The first-order valence-electron chi connectivity index (χ1n) is 10.4. The monoisotopic (exact) mass is 448 g/mol. The molecule has 1 aliphatic heterocycles. The van der Waals surface area contributed by atoms with Crippen molar-refractivity contribution in [2.75, 3.05) is 16.8 Å². The fourth-order valence-corrected chi connectivity index (χ4v) is 4.76. The largest absolute Gasteiger partial charge is 0.455 e. The van der Waals surface area contributed by atoms with Crippen molar-refractivity contribution < 1.29 is 19.1 Å². The number of ether oxygens (including phenoxy) is 1. The van der Waals surface area contributed by atoms with E-state index in [-0.39, 0.29) is 12.3 Å². The molecule has 1 aromatic heterocycles. The Balaban J connectivity index is 1.49. The van der Waals surface area contributed by atoms with Gasteiger partial charge in [-0.1, -0.05) is 42.0 Å². The number of nitrogens with one attached hydrogen (secondary N) is 1. The van der Waals surface area contributed by atoms with Crippen molar-refractivity contribution in [3.63, 3.8) is 0 Å². The van der Waals surface area contributed by atoms with Gasteiger partial charge in [0.25, 0.3) is 5.91 Å². The van der Waals surface area contributed by atoms with Gasteiger partial charge in [-0.25, -0.2) is 0 Å². The summed E-state index contributed by atoms with van der Waals surface area (Å²) in [7, 11) is 0.